The zero-order chi connectivity index (χ0) is 14.4. The summed E-state index contributed by atoms with van der Waals surface area (Å²) in [6, 6.07) is 0.0769. The number of carbonyl (C=O) groups is 1. The Labute approximate surface area is 124 Å². The van der Waals surface area contributed by atoms with E-state index in [0.29, 0.717) is 0 Å². The van der Waals surface area contributed by atoms with Crippen LogP contribution in [0.1, 0.15) is 71.1 Å². The van der Waals surface area contributed by atoms with Gasteiger partial charge in [-0.2, -0.15) is 0 Å². The van der Waals surface area contributed by atoms with E-state index in [4.69, 9.17) is 5.73 Å². The minimum atomic E-state index is 0.0591. The first-order valence-electron chi connectivity index (χ1n) is 8.70. The lowest BCUT2D eigenvalue weighted by molar-refractivity contribution is -0.125. The molecule has 2 atom stereocenters. The van der Waals surface area contributed by atoms with Gasteiger partial charge in [-0.15, -0.1) is 0 Å². The highest BCUT2D eigenvalue weighted by Crippen LogP contribution is 2.30. The zero-order valence-electron chi connectivity index (χ0n) is 13.1. The lowest BCUT2D eigenvalue weighted by Gasteiger charge is -2.26. The highest BCUT2D eigenvalue weighted by Gasteiger charge is 2.27. The molecule has 2 aliphatic carbocycles. The molecule has 0 heterocycles. The molecule has 2 aliphatic rings. The highest BCUT2D eigenvalue weighted by atomic mass is 16.1. The normalized spacial score (nSPS) is 35.3. The van der Waals surface area contributed by atoms with Crippen LogP contribution in [0.2, 0.25) is 0 Å². The van der Waals surface area contributed by atoms with Crippen LogP contribution in [-0.2, 0) is 4.79 Å². The van der Waals surface area contributed by atoms with Crippen molar-refractivity contribution in [2.45, 2.75) is 77.2 Å². The van der Waals surface area contributed by atoms with Gasteiger partial charge in [0.1, 0.15) is 0 Å². The lowest BCUT2D eigenvalue weighted by Crippen LogP contribution is -2.41. The number of nitrogens with one attached hydrogen (secondary N) is 1. The molecule has 0 bridgehead atoms. The van der Waals surface area contributed by atoms with Gasteiger partial charge in [0.15, 0.2) is 0 Å². The summed E-state index contributed by atoms with van der Waals surface area (Å²) in [7, 11) is 0. The summed E-state index contributed by atoms with van der Waals surface area (Å²) in [6.07, 6.45) is 12.2. The van der Waals surface area contributed by atoms with Crippen molar-refractivity contribution in [1.82, 2.24) is 5.32 Å². The Balaban J connectivity index is 1.66. The van der Waals surface area contributed by atoms with E-state index in [-0.39, 0.29) is 17.9 Å². The second-order valence-corrected chi connectivity index (χ2v) is 7.11. The average molecular weight is 280 g/mol. The molecule has 3 N–H and O–H groups in total. The molecular weight excluding hydrogens is 248 g/mol. The Bertz CT molecular complexity index is 297. The van der Waals surface area contributed by atoms with Crippen molar-refractivity contribution in [3.05, 3.63) is 0 Å². The molecule has 0 spiro atoms. The van der Waals surface area contributed by atoms with Crippen LogP contribution in [0, 0.1) is 17.8 Å². The third-order valence-corrected chi connectivity index (χ3v) is 5.39. The number of hydrogen-bond acceptors (Lipinski definition) is 2. The fraction of sp³-hybridized carbons (Fsp3) is 0.941. The summed E-state index contributed by atoms with van der Waals surface area (Å²) in [5.41, 5.74) is 6.15. The van der Waals surface area contributed by atoms with E-state index in [2.05, 4.69) is 12.2 Å². The molecule has 0 saturated heterocycles. The Morgan fingerprint density at radius 2 is 1.75 bits per heavy atom. The first kappa shape index (κ1) is 15.8. The number of carbonyl (C=O) groups excluding carboxylic acids is 1. The summed E-state index contributed by atoms with van der Waals surface area (Å²) in [5, 5.41) is 3.15. The third-order valence-electron chi connectivity index (χ3n) is 5.39. The molecule has 116 valence electrons. The Kier molecular flexibility index (Phi) is 6.34. The molecule has 2 saturated carbocycles. The molecule has 0 aromatic carbocycles. The van der Waals surface area contributed by atoms with Crippen LogP contribution in [0.3, 0.4) is 0 Å². The number of rotatable bonds is 4. The molecule has 20 heavy (non-hydrogen) atoms. The molecule has 3 nitrogen and oxygen atoms in total. The summed E-state index contributed by atoms with van der Waals surface area (Å²) < 4.78 is 0. The lowest BCUT2D eigenvalue weighted by atomic mass is 9.81. The first-order chi connectivity index (χ1) is 9.66. The molecule has 0 radical (unpaired) electrons. The maximum Gasteiger partial charge on any atom is 0.224 e. The van der Waals surface area contributed by atoms with Crippen LogP contribution in [0.15, 0.2) is 0 Å². The van der Waals surface area contributed by atoms with Gasteiger partial charge < -0.3 is 11.1 Å². The number of amides is 1. The second kappa shape index (κ2) is 8.02. The van der Waals surface area contributed by atoms with E-state index in [1.54, 1.807) is 0 Å². The van der Waals surface area contributed by atoms with Crippen molar-refractivity contribution in [3.8, 4) is 0 Å². The van der Waals surface area contributed by atoms with Gasteiger partial charge >= 0.3 is 0 Å². The molecule has 0 aromatic heterocycles. The Morgan fingerprint density at radius 1 is 1.05 bits per heavy atom. The quantitative estimate of drug-likeness (QED) is 0.777. The molecular formula is C17H32N2O. The van der Waals surface area contributed by atoms with Crippen LogP contribution in [0.5, 0.6) is 0 Å². The molecule has 2 unspecified atom stereocenters. The van der Waals surface area contributed by atoms with Crippen molar-refractivity contribution in [2.24, 2.45) is 23.5 Å². The summed E-state index contributed by atoms with van der Waals surface area (Å²) in [5.74, 6) is 2.01. The zero-order valence-corrected chi connectivity index (χ0v) is 13.1. The van der Waals surface area contributed by atoms with Crippen LogP contribution in [0.25, 0.3) is 0 Å². The molecule has 0 aromatic rings. The van der Waals surface area contributed by atoms with Gasteiger partial charge in [0.2, 0.25) is 5.91 Å². The maximum absolute atomic E-state index is 12.3. The number of nitrogens with two attached hydrogens (primary N) is 1. The van der Waals surface area contributed by atoms with Crippen molar-refractivity contribution < 1.29 is 4.79 Å². The second-order valence-electron chi connectivity index (χ2n) is 7.11. The van der Waals surface area contributed by atoms with Crippen LogP contribution < -0.4 is 11.1 Å². The van der Waals surface area contributed by atoms with Gasteiger partial charge in [-0.1, -0.05) is 51.9 Å². The molecule has 2 fully saturated rings. The number of hydrogen-bond donors (Lipinski definition) is 2. The third kappa shape index (κ3) is 4.76. The van der Waals surface area contributed by atoms with Gasteiger partial charge in [0.05, 0.1) is 5.92 Å². The van der Waals surface area contributed by atoms with E-state index < -0.39 is 0 Å². The summed E-state index contributed by atoms with van der Waals surface area (Å²) >= 11 is 0. The maximum atomic E-state index is 12.3. The summed E-state index contributed by atoms with van der Waals surface area (Å²) in [4.78, 5) is 12.3. The Hall–Kier alpha value is -0.570. The van der Waals surface area contributed by atoms with Gasteiger partial charge in [0, 0.05) is 12.6 Å². The van der Waals surface area contributed by atoms with Crippen LogP contribution in [0.4, 0.5) is 0 Å². The van der Waals surface area contributed by atoms with E-state index in [9.17, 15) is 4.79 Å². The SMILES string of the molecule is CC1CCC(CCNC(=O)C2CCCCCC2N)CC1. The molecule has 0 aliphatic heterocycles. The van der Waals surface area contributed by atoms with E-state index in [1.165, 1.54) is 38.5 Å². The predicted molar refractivity (Wildman–Crippen MR) is 83.3 cm³/mol. The predicted octanol–water partition coefficient (Wildman–Crippen LogP) is 3.23. The van der Waals surface area contributed by atoms with Crippen molar-refractivity contribution in [2.75, 3.05) is 6.54 Å². The topological polar surface area (TPSA) is 55.1 Å². The van der Waals surface area contributed by atoms with E-state index >= 15 is 0 Å². The average Bonchev–Trinajstić information content (AvgIpc) is 2.65. The minimum Gasteiger partial charge on any atom is -0.356 e. The largest absolute Gasteiger partial charge is 0.356 e. The highest BCUT2D eigenvalue weighted by molar-refractivity contribution is 5.79. The van der Waals surface area contributed by atoms with Crippen molar-refractivity contribution in [3.63, 3.8) is 0 Å². The van der Waals surface area contributed by atoms with Gasteiger partial charge in [0.25, 0.3) is 0 Å². The molecule has 1 amide bonds. The Morgan fingerprint density at radius 3 is 2.50 bits per heavy atom. The van der Waals surface area contributed by atoms with Gasteiger partial charge in [-0.05, 0) is 31.1 Å². The smallest absolute Gasteiger partial charge is 0.224 e. The van der Waals surface area contributed by atoms with Gasteiger partial charge in [-0.25, -0.2) is 0 Å². The summed E-state index contributed by atoms with van der Waals surface area (Å²) in [6.45, 7) is 3.20. The van der Waals surface area contributed by atoms with E-state index in [0.717, 1.165) is 44.1 Å². The minimum absolute atomic E-state index is 0.0591. The fourth-order valence-electron chi connectivity index (χ4n) is 3.81. The standard InChI is InChI=1S/C17H32N2O/c1-13-7-9-14(10-8-13)11-12-19-17(20)15-5-3-2-4-6-16(15)18/h13-16H,2-12,18H2,1H3,(H,19,20). The van der Waals surface area contributed by atoms with Crippen molar-refractivity contribution in [1.29, 1.82) is 0 Å². The molecule has 3 heteroatoms. The first-order valence-corrected chi connectivity index (χ1v) is 8.70. The van der Waals surface area contributed by atoms with Crippen LogP contribution >= 0.6 is 0 Å². The van der Waals surface area contributed by atoms with Crippen molar-refractivity contribution >= 4 is 5.91 Å². The van der Waals surface area contributed by atoms with E-state index in [1.807, 2.05) is 0 Å². The molecule has 2 rings (SSSR count). The van der Waals surface area contributed by atoms with Gasteiger partial charge in [-0.3, -0.25) is 4.79 Å². The fourth-order valence-corrected chi connectivity index (χ4v) is 3.81. The van der Waals surface area contributed by atoms with Crippen LogP contribution in [-0.4, -0.2) is 18.5 Å². The monoisotopic (exact) mass is 280 g/mol.